The number of thiazole rings is 1. The molecule has 0 aliphatic carbocycles. The van der Waals surface area contributed by atoms with Gasteiger partial charge in [-0.25, -0.2) is 14.8 Å². The summed E-state index contributed by atoms with van der Waals surface area (Å²) >= 11 is 1.42. The predicted octanol–water partition coefficient (Wildman–Crippen LogP) is 1.25. The van der Waals surface area contributed by atoms with Gasteiger partial charge in [-0.1, -0.05) is 6.92 Å². The minimum absolute atomic E-state index is 0.0639. The Morgan fingerprint density at radius 3 is 3.05 bits per heavy atom. The lowest BCUT2D eigenvalue weighted by molar-refractivity contribution is 0.134. The predicted molar refractivity (Wildman–Crippen MR) is 80.6 cm³/mol. The molecule has 21 heavy (non-hydrogen) atoms. The standard InChI is InChI=1S/C12H16N6O2S/c1-2-7-5-17(12(19)20)3-4-18(7)9-8-10(21-6-14-8)16-11(13)15-9/h6-7H,2-5H2,1H3,(H,19,20)(H2,13,15,16)/t7-/m0/s1. The Bertz CT molecular complexity index is 675. The van der Waals surface area contributed by atoms with Crippen LogP contribution in [0.4, 0.5) is 16.6 Å². The Kier molecular flexibility index (Phi) is 3.50. The molecule has 0 aromatic carbocycles. The summed E-state index contributed by atoms with van der Waals surface area (Å²) in [5.74, 6) is 0.924. The van der Waals surface area contributed by atoms with E-state index in [4.69, 9.17) is 10.8 Å². The van der Waals surface area contributed by atoms with Crippen molar-refractivity contribution in [3.8, 4) is 0 Å². The quantitative estimate of drug-likeness (QED) is 0.859. The molecule has 1 saturated heterocycles. The number of aromatic nitrogens is 3. The average molecular weight is 308 g/mol. The van der Waals surface area contributed by atoms with Gasteiger partial charge in [0.2, 0.25) is 5.95 Å². The summed E-state index contributed by atoms with van der Waals surface area (Å²) in [7, 11) is 0. The molecule has 3 N–H and O–H groups in total. The Labute approximate surface area is 125 Å². The van der Waals surface area contributed by atoms with Crippen LogP contribution < -0.4 is 10.6 Å². The van der Waals surface area contributed by atoms with E-state index in [0.717, 1.165) is 16.8 Å². The normalized spacial score (nSPS) is 19.2. The summed E-state index contributed by atoms with van der Waals surface area (Å²) in [5, 5.41) is 9.14. The smallest absolute Gasteiger partial charge is 0.407 e. The van der Waals surface area contributed by atoms with Gasteiger partial charge in [0, 0.05) is 25.7 Å². The molecule has 3 heterocycles. The topological polar surface area (TPSA) is 108 Å². The lowest BCUT2D eigenvalue weighted by Gasteiger charge is -2.40. The largest absolute Gasteiger partial charge is 0.465 e. The maximum Gasteiger partial charge on any atom is 0.407 e. The van der Waals surface area contributed by atoms with Crippen LogP contribution in [0.3, 0.4) is 0 Å². The number of rotatable bonds is 2. The molecule has 1 atom stereocenters. The van der Waals surface area contributed by atoms with Gasteiger partial charge in [-0.2, -0.15) is 4.98 Å². The molecule has 0 bridgehead atoms. The highest BCUT2D eigenvalue weighted by atomic mass is 32.1. The van der Waals surface area contributed by atoms with Crippen LogP contribution in [0.2, 0.25) is 0 Å². The molecule has 112 valence electrons. The Hall–Kier alpha value is -2.16. The number of fused-ring (bicyclic) bond motifs is 1. The van der Waals surface area contributed by atoms with Crippen LogP contribution in [0, 0.1) is 0 Å². The fourth-order valence-corrected chi connectivity index (χ4v) is 3.28. The van der Waals surface area contributed by atoms with Crippen molar-refractivity contribution >= 4 is 39.5 Å². The van der Waals surface area contributed by atoms with Crippen LogP contribution in [-0.2, 0) is 0 Å². The van der Waals surface area contributed by atoms with E-state index in [9.17, 15) is 4.79 Å². The minimum atomic E-state index is -0.880. The van der Waals surface area contributed by atoms with E-state index in [0.29, 0.717) is 25.5 Å². The van der Waals surface area contributed by atoms with Crippen LogP contribution in [0.15, 0.2) is 5.51 Å². The minimum Gasteiger partial charge on any atom is -0.465 e. The molecular weight excluding hydrogens is 292 g/mol. The number of piperazine rings is 1. The number of hydrogen-bond acceptors (Lipinski definition) is 7. The SMILES string of the molecule is CC[C@H]1CN(C(=O)O)CCN1c1nc(N)nc2scnc12. The monoisotopic (exact) mass is 308 g/mol. The Balaban J connectivity index is 1.98. The van der Waals surface area contributed by atoms with E-state index in [1.165, 1.54) is 16.2 Å². The first-order valence-corrected chi connectivity index (χ1v) is 7.59. The van der Waals surface area contributed by atoms with Crippen LogP contribution in [0.1, 0.15) is 13.3 Å². The third-order valence-corrected chi connectivity index (χ3v) is 4.41. The van der Waals surface area contributed by atoms with Gasteiger partial charge in [-0.3, -0.25) is 0 Å². The summed E-state index contributed by atoms with van der Waals surface area (Å²) in [6.07, 6.45) is -0.0617. The number of nitrogen functional groups attached to an aromatic ring is 1. The third kappa shape index (κ3) is 2.44. The molecule has 8 nitrogen and oxygen atoms in total. The van der Waals surface area contributed by atoms with E-state index in [1.54, 1.807) is 5.51 Å². The number of amides is 1. The molecule has 1 amide bonds. The zero-order valence-corrected chi connectivity index (χ0v) is 12.4. The van der Waals surface area contributed by atoms with Crippen LogP contribution in [0.25, 0.3) is 10.3 Å². The van der Waals surface area contributed by atoms with E-state index in [-0.39, 0.29) is 12.0 Å². The molecule has 1 aliphatic heterocycles. The Morgan fingerprint density at radius 2 is 2.33 bits per heavy atom. The van der Waals surface area contributed by atoms with Gasteiger partial charge in [-0.05, 0) is 6.42 Å². The number of nitrogens with two attached hydrogens (primary N) is 1. The van der Waals surface area contributed by atoms with Crippen molar-refractivity contribution in [2.45, 2.75) is 19.4 Å². The maximum absolute atomic E-state index is 11.1. The van der Waals surface area contributed by atoms with E-state index >= 15 is 0 Å². The molecule has 0 radical (unpaired) electrons. The van der Waals surface area contributed by atoms with Crippen molar-refractivity contribution < 1.29 is 9.90 Å². The highest BCUT2D eigenvalue weighted by Crippen LogP contribution is 2.29. The average Bonchev–Trinajstić information content (AvgIpc) is 2.93. The highest BCUT2D eigenvalue weighted by Gasteiger charge is 2.30. The molecule has 9 heteroatoms. The molecule has 0 saturated carbocycles. The summed E-state index contributed by atoms with van der Waals surface area (Å²) in [6, 6.07) is 0.0639. The van der Waals surface area contributed by atoms with Gasteiger partial charge >= 0.3 is 6.09 Å². The second-order valence-electron chi connectivity index (χ2n) is 4.90. The number of anilines is 2. The van der Waals surface area contributed by atoms with Crippen molar-refractivity contribution in [2.75, 3.05) is 30.3 Å². The lowest BCUT2D eigenvalue weighted by Crippen LogP contribution is -2.54. The first-order chi connectivity index (χ1) is 10.1. The van der Waals surface area contributed by atoms with Gasteiger partial charge in [0.25, 0.3) is 0 Å². The van der Waals surface area contributed by atoms with E-state index < -0.39 is 6.09 Å². The molecule has 3 rings (SSSR count). The fraction of sp³-hybridized carbons (Fsp3) is 0.500. The third-order valence-electron chi connectivity index (χ3n) is 3.69. The number of carbonyl (C=O) groups is 1. The van der Waals surface area contributed by atoms with Gasteiger partial charge < -0.3 is 20.6 Å². The second kappa shape index (κ2) is 5.32. The number of carboxylic acid groups (broad SMARTS) is 1. The molecule has 0 unspecified atom stereocenters. The van der Waals surface area contributed by atoms with Gasteiger partial charge in [0.15, 0.2) is 10.6 Å². The molecular formula is C12H16N6O2S. The summed E-state index contributed by atoms with van der Waals surface area (Å²) < 4.78 is 0. The van der Waals surface area contributed by atoms with Crippen LogP contribution in [-0.4, -0.2) is 56.7 Å². The van der Waals surface area contributed by atoms with Crippen molar-refractivity contribution in [2.24, 2.45) is 0 Å². The first-order valence-electron chi connectivity index (χ1n) is 6.71. The first kappa shape index (κ1) is 13.8. The maximum atomic E-state index is 11.1. The summed E-state index contributed by atoms with van der Waals surface area (Å²) in [6.45, 7) is 3.52. The van der Waals surface area contributed by atoms with Crippen molar-refractivity contribution in [1.82, 2.24) is 19.9 Å². The fourth-order valence-electron chi connectivity index (χ4n) is 2.62. The second-order valence-corrected chi connectivity index (χ2v) is 5.73. The van der Waals surface area contributed by atoms with Gasteiger partial charge in [-0.15, -0.1) is 11.3 Å². The van der Waals surface area contributed by atoms with Gasteiger partial charge in [0.1, 0.15) is 5.52 Å². The zero-order valence-electron chi connectivity index (χ0n) is 11.6. The van der Waals surface area contributed by atoms with Crippen LogP contribution >= 0.6 is 11.3 Å². The van der Waals surface area contributed by atoms with Crippen molar-refractivity contribution in [3.05, 3.63) is 5.51 Å². The zero-order chi connectivity index (χ0) is 15.0. The van der Waals surface area contributed by atoms with Gasteiger partial charge in [0.05, 0.1) is 5.51 Å². The van der Waals surface area contributed by atoms with Crippen LogP contribution in [0.5, 0.6) is 0 Å². The molecule has 2 aromatic rings. The van der Waals surface area contributed by atoms with Crippen molar-refractivity contribution in [1.29, 1.82) is 0 Å². The van der Waals surface area contributed by atoms with E-state index in [2.05, 4.69) is 19.9 Å². The lowest BCUT2D eigenvalue weighted by atomic mass is 10.1. The van der Waals surface area contributed by atoms with E-state index in [1.807, 2.05) is 6.92 Å². The highest BCUT2D eigenvalue weighted by molar-refractivity contribution is 7.16. The molecule has 2 aromatic heterocycles. The number of hydrogen-bond donors (Lipinski definition) is 2. The molecule has 1 fully saturated rings. The molecule has 1 aliphatic rings. The Morgan fingerprint density at radius 1 is 1.52 bits per heavy atom. The summed E-state index contributed by atoms with van der Waals surface area (Å²) in [4.78, 5) is 28.3. The molecule has 0 spiro atoms. The van der Waals surface area contributed by atoms with Crippen molar-refractivity contribution in [3.63, 3.8) is 0 Å². The summed E-state index contributed by atoms with van der Waals surface area (Å²) in [5.41, 5.74) is 8.23. The number of nitrogens with zero attached hydrogens (tertiary/aromatic N) is 5.